The van der Waals surface area contributed by atoms with E-state index < -0.39 is 10.0 Å². The molecular weight excluding hydrogens is 408 g/mol. The number of hydrogen-bond donors (Lipinski definition) is 0. The van der Waals surface area contributed by atoms with E-state index in [4.69, 9.17) is 4.74 Å². The Balaban J connectivity index is 1.58. The topological polar surface area (TPSA) is 49.9 Å². The van der Waals surface area contributed by atoms with Crippen molar-refractivity contribution in [3.63, 3.8) is 0 Å². The minimum Gasteiger partial charge on any atom is -0.497 e. The summed E-state index contributed by atoms with van der Waals surface area (Å²) < 4.78 is 34.2. The van der Waals surface area contributed by atoms with Crippen LogP contribution in [0.5, 0.6) is 5.75 Å². The molecule has 0 spiro atoms. The van der Waals surface area contributed by atoms with E-state index in [0.29, 0.717) is 17.2 Å². The van der Waals surface area contributed by atoms with E-state index in [9.17, 15) is 8.42 Å². The van der Waals surface area contributed by atoms with Gasteiger partial charge in [0.2, 0.25) is 10.0 Å². The van der Waals surface area contributed by atoms with Gasteiger partial charge in [-0.3, -0.25) is 4.90 Å². The molecule has 1 saturated heterocycles. The fourth-order valence-electron chi connectivity index (χ4n) is 4.09. The van der Waals surface area contributed by atoms with Gasteiger partial charge in [0.25, 0.3) is 0 Å². The van der Waals surface area contributed by atoms with Gasteiger partial charge in [-0.1, -0.05) is 60.7 Å². The van der Waals surface area contributed by atoms with Crippen LogP contribution in [-0.2, 0) is 23.1 Å². The third kappa shape index (κ3) is 5.15. The van der Waals surface area contributed by atoms with E-state index in [0.717, 1.165) is 31.6 Å². The molecular formula is C25H28N2O3S. The van der Waals surface area contributed by atoms with Crippen LogP contribution in [0, 0.1) is 0 Å². The number of likely N-dealkylation sites (tertiary alicyclic amines) is 1. The number of benzene rings is 3. The molecule has 1 atom stereocenters. The summed E-state index contributed by atoms with van der Waals surface area (Å²) >= 11 is 0. The number of methoxy groups -OCH3 is 1. The van der Waals surface area contributed by atoms with Gasteiger partial charge in [0.05, 0.1) is 12.0 Å². The van der Waals surface area contributed by atoms with Crippen LogP contribution in [0.4, 0.5) is 0 Å². The second kappa shape index (κ2) is 9.64. The summed E-state index contributed by atoms with van der Waals surface area (Å²) in [6.07, 6.45) is 0.815. The van der Waals surface area contributed by atoms with Gasteiger partial charge in [0, 0.05) is 32.2 Å². The summed E-state index contributed by atoms with van der Waals surface area (Å²) in [4.78, 5) is 2.63. The van der Waals surface area contributed by atoms with Crippen molar-refractivity contribution < 1.29 is 13.2 Å². The van der Waals surface area contributed by atoms with Crippen molar-refractivity contribution in [1.82, 2.24) is 9.21 Å². The molecule has 1 fully saturated rings. The van der Waals surface area contributed by atoms with E-state index in [1.54, 1.807) is 35.7 Å². The lowest BCUT2D eigenvalue weighted by Gasteiger charge is -2.28. The molecule has 0 aromatic heterocycles. The van der Waals surface area contributed by atoms with E-state index in [1.165, 1.54) is 5.56 Å². The zero-order valence-corrected chi connectivity index (χ0v) is 18.5. The Morgan fingerprint density at radius 3 is 2.13 bits per heavy atom. The molecule has 6 heteroatoms. The van der Waals surface area contributed by atoms with Crippen LogP contribution in [0.1, 0.15) is 17.5 Å². The van der Waals surface area contributed by atoms with Crippen molar-refractivity contribution in [3.8, 4) is 5.75 Å². The Morgan fingerprint density at radius 2 is 1.52 bits per heavy atom. The summed E-state index contributed by atoms with van der Waals surface area (Å²) in [6.45, 7) is 2.79. The maximum atomic E-state index is 13.7. The second-order valence-corrected chi connectivity index (χ2v) is 9.77. The summed E-state index contributed by atoms with van der Waals surface area (Å²) in [5, 5.41) is 0. The molecule has 4 rings (SSSR count). The molecule has 0 radical (unpaired) electrons. The fraction of sp³-hybridized carbons (Fsp3) is 0.280. The van der Waals surface area contributed by atoms with Gasteiger partial charge in [0.15, 0.2) is 0 Å². The fourth-order valence-corrected chi connectivity index (χ4v) is 5.72. The summed E-state index contributed by atoms with van der Waals surface area (Å²) in [6, 6.07) is 26.7. The molecule has 0 saturated carbocycles. The number of rotatable bonds is 8. The van der Waals surface area contributed by atoms with Crippen molar-refractivity contribution in [2.45, 2.75) is 30.4 Å². The van der Waals surface area contributed by atoms with Crippen LogP contribution in [0.3, 0.4) is 0 Å². The SMILES string of the molecule is COc1ccc(S(=O)(=O)N(Cc2ccccc2)C2CCN(Cc3ccccc3)C2)cc1. The van der Waals surface area contributed by atoms with Crippen LogP contribution in [0.15, 0.2) is 89.8 Å². The van der Waals surface area contributed by atoms with Crippen LogP contribution in [0.2, 0.25) is 0 Å². The molecule has 3 aromatic rings. The summed E-state index contributed by atoms with van der Waals surface area (Å²) in [5.41, 5.74) is 2.23. The monoisotopic (exact) mass is 436 g/mol. The number of hydrogen-bond acceptors (Lipinski definition) is 4. The highest BCUT2D eigenvalue weighted by Gasteiger charge is 2.36. The molecule has 5 nitrogen and oxygen atoms in total. The van der Waals surface area contributed by atoms with Gasteiger partial charge in [0.1, 0.15) is 5.75 Å². The van der Waals surface area contributed by atoms with Crippen molar-refractivity contribution in [1.29, 1.82) is 0 Å². The quantitative estimate of drug-likeness (QED) is 0.532. The first-order chi connectivity index (χ1) is 15.1. The number of nitrogens with zero attached hydrogens (tertiary/aromatic N) is 2. The van der Waals surface area contributed by atoms with Crippen LogP contribution >= 0.6 is 0 Å². The molecule has 0 aliphatic carbocycles. The van der Waals surface area contributed by atoms with Gasteiger partial charge >= 0.3 is 0 Å². The van der Waals surface area contributed by atoms with Crippen molar-refractivity contribution in [2.24, 2.45) is 0 Å². The zero-order chi connectivity index (χ0) is 21.7. The normalized spacial score (nSPS) is 17.2. The molecule has 1 heterocycles. The third-order valence-corrected chi connectivity index (χ3v) is 7.66. The molecule has 0 N–H and O–H groups in total. The first kappa shape index (κ1) is 21.6. The predicted octanol–water partition coefficient (Wildman–Crippen LogP) is 4.16. The molecule has 31 heavy (non-hydrogen) atoms. The predicted molar refractivity (Wildman–Crippen MR) is 122 cm³/mol. The Bertz CT molecular complexity index is 1070. The standard InChI is InChI=1S/C25H28N2O3S/c1-30-24-12-14-25(15-13-24)31(28,29)27(19-22-10-6-3-7-11-22)23-16-17-26(20-23)18-21-8-4-2-5-9-21/h2-15,23H,16-20H2,1H3. The maximum Gasteiger partial charge on any atom is 0.243 e. The highest BCUT2D eigenvalue weighted by Crippen LogP contribution is 2.28. The van der Waals surface area contributed by atoms with Gasteiger partial charge in [-0.25, -0.2) is 8.42 Å². The van der Waals surface area contributed by atoms with E-state index >= 15 is 0 Å². The zero-order valence-electron chi connectivity index (χ0n) is 17.7. The molecule has 162 valence electrons. The highest BCUT2D eigenvalue weighted by molar-refractivity contribution is 7.89. The molecule has 0 amide bonds. The number of ether oxygens (including phenoxy) is 1. The minimum absolute atomic E-state index is 0.0731. The Labute approximate surface area is 184 Å². The van der Waals surface area contributed by atoms with Gasteiger partial charge in [-0.2, -0.15) is 4.31 Å². The van der Waals surface area contributed by atoms with Crippen molar-refractivity contribution >= 4 is 10.0 Å². The van der Waals surface area contributed by atoms with Gasteiger partial charge in [-0.15, -0.1) is 0 Å². The first-order valence-corrected chi connectivity index (χ1v) is 12.0. The highest BCUT2D eigenvalue weighted by atomic mass is 32.2. The molecule has 1 aliphatic rings. The first-order valence-electron chi connectivity index (χ1n) is 10.5. The van der Waals surface area contributed by atoms with E-state index in [-0.39, 0.29) is 6.04 Å². The van der Waals surface area contributed by atoms with Crippen LogP contribution < -0.4 is 4.74 Å². The van der Waals surface area contributed by atoms with Crippen LogP contribution in [0.25, 0.3) is 0 Å². The average Bonchev–Trinajstić information content (AvgIpc) is 3.26. The Morgan fingerprint density at radius 1 is 0.903 bits per heavy atom. The maximum absolute atomic E-state index is 13.7. The largest absolute Gasteiger partial charge is 0.497 e. The van der Waals surface area contributed by atoms with Gasteiger partial charge < -0.3 is 4.74 Å². The van der Waals surface area contributed by atoms with Crippen LogP contribution in [-0.4, -0.2) is 43.9 Å². The molecule has 0 bridgehead atoms. The summed E-state index contributed by atoms with van der Waals surface area (Å²) in [7, 11) is -2.08. The van der Waals surface area contributed by atoms with Crippen molar-refractivity contribution in [2.75, 3.05) is 20.2 Å². The van der Waals surface area contributed by atoms with E-state index in [2.05, 4.69) is 17.0 Å². The molecule has 1 unspecified atom stereocenters. The summed E-state index contributed by atoms with van der Waals surface area (Å²) in [5.74, 6) is 0.642. The number of sulfonamides is 1. The molecule has 3 aromatic carbocycles. The third-order valence-electron chi connectivity index (χ3n) is 5.75. The van der Waals surface area contributed by atoms with Gasteiger partial charge in [-0.05, 0) is 41.8 Å². The lowest BCUT2D eigenvalue weighted by molar-refractivity contribution is 0.276. The van der Waals surface area contributed by atoms with Crippen molar-refractivity contribution in [3.05, 3.63) is 96.1 Å². The smallest absolute Gasteiger partial charge is 0.243 e. The second-order valence-electron chi connectivity index (χ2n) is 7.87. The lowest BCUT2D eigenvalue weighted by Crippen LogP contribution is -2.41. The molecule has 1 aliphatic heterocycles. The average molecular weight is 437 g/mol. The minimum atomic E-state index is -3.65. The Kier molecular flexibility index (Phi) is 6.70. The Hall–Kier alpha value is -2.67. The van der Waals surface area contributed by atoms with E-state index in [1.807, 2.05) is 48.5 Å². The lowest BCUT2D eigenvalue weighted by atomic mass is 10.2.